The second-order valence-corrected chi connectivity index (χ2v) is 8.35. The second kappa shape index (κ2) is 9.81. The number of urea groups is 1. The van der Waals surface area contributed by atoms with Gasteiger partial charge in [-0.15, -0.1) is 0 Å². The van der Waals surface area contributed by atoms with Crippen molar-refractivity contribution in [3.8, 4) is 0 Å². The largest absolute Gasteiger partial charge is 0.361 e. The van der Waals surface area contributed by atoms with Crippen molar-refractivity contribution in [1.29, 1.82) is 0 Å². The summed E-state index contributed by atoms with van der Waals surface area (Å²) in [5.41, 5.74) is 3.54. The first-order chi connectivity index (χ1) is 15.1. The highest BCUT2D eigenvalue weighted by atomic mass is 16.2. The van der Waals surface area contributed by atoms with Crippen LogP contribution < -0.4 is 10.6 Å². The highest BCUT2D eigenvalue weighted by Gasteiger charge is 2.37. The van der Waals surface area contributed by atoms with E-state index in [9.17, 15) is 14.4 Å². The second-order valence-electron chi connectivity index (χ2n) is 8.35. The maximum atomic E-state index is 12.7. The standard InChI is InChI=1S/C24H30N4O3/c29-22(25-14-12-17-6-2-1-3-7-17)11-10-21-23(30)28(24(31)27-21)15-13-18-16-26-20-9-5-4-8-19(18)20/h4-6,8-9,16,21,26H,1-3,7,10-15H2,(H,25,29)(H,27,31). The molecule has 31 heavy (non-hydrogen) atoms. The molecule has 1 aromatic heterocycles. The van der Waals surface area contributed by atoms with E-state index in [1.165, 1.54) is 23.3 Å². The number of aromatic nitrogens is 1. The van der Waals surface area contributed by atoms with Crippen molar-refractivity contribution in [3.63, 3.8) is 0 Å². The van der Waals surface area contributed by atoms with Gasteiger partial charge in [0.15, 0.2) is 0 Å². The Hall–Kier alpha value is -3.09. The molecule has 1 aliphatic heterocycles. The quantitative estimate of drug-likeness (QED) is 0.427. The van der Waals surface area contributed by atoms with E-state index in [1.54, 1.807) is 0 Å². The van der Waals surface area contributed by atoms with Crippen LogP contribution in [0.1, 0.15) is 50.5 Å². The minimum Gasteiger partial charge on any atom is -0.361 e. The lowest BCUT2D eigenvalue weighted by molar-refractivity contribution is -0.127. The molecule has 7 heteroatoms. The van der Waals surface area contributed by atoms with Crippen molar-refractivity contribution in [3.05, 3.63) is 47.7 Å². The number of carbonyl (C=O) groups excluding carboxylic acids is 3. The molecule has 1 aromatic carbocycles. The Labute approximate surface area is 182 Å². The van der Waals surface area contributed by atoms with Gasteiger partial charge in [0.25, 0.3) is 5.91 Å². The monoisotopic (exact) mass is 422 g/mol. The Morgan fingerprint density at radius 3 is 2.87 bits per heavy atom. The molecule has 1 atom stereocenters. The number of nitrogens with one attached hydrogen (secondary N) is 3. The van der Waals surface area contributed by atoms with Gasteiger partial charge in [-0.1, -0.05) is 29.8 Å². The zero-order valence-electron chi connectivity index (χ0n) is 17.8. The van der Waals surface area contributed by atoms with Crippen molar-refractivity contribution in [2.75, 3.05) is 13.1 Å². The fourth-order valence-corrected chi connectivity index (χ4v) is 4.41. The molecule has 1 saturated heterocycles. The van der Waals surface area contributed by atoms with E-state index in [2.05, 4.69) is 21.7 Å². The topological polar surface area (TPSA) is 94.3 Å². The van der Waals surface area contributed by atoms with Crippen LogP contribution in [0.2, 0.25) is 0 Å². The summed E-state index contributed by atoms with van der Waals surface area (Å²) in [6, 6.07) is 6.97. The van der Waals surface area contributed by atoms with Crippen molar-refractivity contribution < 1.29 is 14.4 Å². The van der Waals surface area contributed by atoms with E-state index in [0.717, 1.165) is 35.7 Å². The number of nitrogens with zero attached hydrogens (tertiary/aromatic N) is 1. The van der Waals surface area contributed by atoms with Crippen molar-refractivity contribution in [2.24, 2.45) is 0 Å². The zero-order chi connectivity index (χ0) is 21.6. The molecule has 0 saturated carbocycles. The van der Waals surface area contributed by atoms with E-state index < -0.39 is 6.04 Å². The van der Waals surface area contributed by atoms with Crippen LogP contribution in [0.3, 0.4) is 0 Å². The Kier molecular flexibility index (Phi) is 6.70. The number of carbonyl (C=O) groups is 3. The smallest absolute Gasteiger partial charge is 0.324 e. The van der Waals surface area contributed by atoms with Crippen molar-refractivity contribution >= 4 is 28.7 Å². The molecule has 164 valence electrons. The van der Waals surface area contributed by atoms with Gasteiger partial charge in [-0.3, -0.25) is 14.5 Å². The number of para-hydroxylation sites is 1. The van der Waals surface area contributed by atoms with Gasteiger partial charge in [-0.2, -0.15) is 0 Å². The molecule has 1 fully saturated rings. The Morgan fingerprint density at radius 1 is 1.16 bits per heavy atom. The van der Waals surface area contributed by atoms with Crippen LogP contribution >= 0.6 is 0 Å². The van der Waals surface area contributed by atoms with Crippen LogP contribution in [0, 0.1) is 0 Å². The summed E-state index contributed by atoms with van der Waals surface area (Å²) in [4.78, 5) is 41.6. The zero-order valence-corrected chi connectivity index (χ0v) is 17.8. The molecule has 2 aliphatic rings. The molecule has 4 amide bonds. The first kappa shape index (κ1) is 21.2. The third-order valence-electron chi connectivity index (χ3n) is 6.20. The highest BCUT2D eigenvalue weighted by Crippen LogP contribution is 2.20. The number of hydrogen-bond donors (Lipinski definition) is 3. The Bertz CT molecular complexity index is 994. The number of hydrogen-bond acceptors (Lipinski definition) is 3. The predicted octanol–water partition coefficient (Wildman–Crippen LogP) is 3.42. The van der Waals surface area contributed by atoms with E-state index in [-0.39, 0.29) is 24.3 Å². The summed E-state index contributed by atoms with van der Waals surface area (Å²) < 4.78 is 0. The van der Waals surface area contributed by atoms with Crippen molar-refractivity contribution in [1.82, 2.24) is 20.5 Å². The van der Waals surface area contributed by atoms with Crippen LogP contribution in [0.15, 0.2) is 42.1 Å². The predicted molar refractivity (Wildman–Crippen MR) is 119 cm³/mol. The van der Waals surface area contributed by atoms with Gasteiger partial charge in [-0.25, -0.2) is 4.79 Å². The van der Waals surface area contributed by atoms with Crippen LogP contribution in [-0.2, 0) is 16.0 Å². The molecule has 4 rings (SSSR count). The lowest BCUT2D eigenvalue weighted by Gasteiger charge is -2.14. The molecule has 2 heterocycles. The maximum absolute atomic E-state index is 12.7. The maximum Gasteiger partial charge on any atom is 0.324 e. The first-order valence-electron chi connectivity index (χ1n) is 11.2. The molecule has 7 nitrogen and oxygen atoms in total. The minimum absolute atomic E-state index is 0.0734. The highest BCUT2D eigenvalue weighted by molar-refractivity contribution is 6.04. The molecule has 0 spiro atoms. The molecule has 0 bridgehead atoms. The van der Waals surface area contributed by atoms with Crippen molar-refractivity contribution in [2.45, 2.75) is 57.4 Å². The van der Waals surface area contributed by atoms with Gasteiger partial charge >= 0.3 is 6.03 Å². The summed E-state index contributed by atoms with van der Waals surface area (Å²) in [5.74, 6) is -0.319. The molecular weight excluding hydrogens is 392 g/mol. The third kappa shape index (κ3) is 5.16. The van der Waals surface area contributed by atoms with Gasteiger partial charge in [0.1, 0.15) is 6.04 Å². The van der Waals surface area contributed by atoms with Gasteiger partial charge in [-0.05, 0) is 56.6 Å². The number of rotatable bonds is 9. The number of imide groups is 1. The molecule has 1 aliphatic carbocycles. The molecular formula is C24H30N4O3. The Morgan fingerprint density at radius 2 is 2.03 bits per heavy atom. The number of benzene rings is 1. The number of allylic oxidation sites excluding steroid dienone is 1. The van der Waals surface area contributed by atoms with Gasteiger partial charge in [0, 0.05) is 36.6 Å². The number of aromatic amines is 1. The third-order valence-corrected chi connectivity index (χ3v) is 6.20. The molecule has 3 N–H and O–H groups in total. The molecule has 2 aromatic rings. The average molecular weight is 423 g/mol. The van der Waals surface area contributed by atoms with Gasteiger partial charge < -0.3 is 15.6 Å². The average Bonchev–Trinajstić information content (AvgIpc) is 3.32. The lowest BCUT2D eigenvalue weighted by Crippen LogP contribution is -2.34. The SMILES string of the molecule is O=C(CCC1NC(=O)N(CCc2c[nH]c3ccccc23)C1=O)NCCC1=CCCCC1. The summed E-state index contributed by atoms with van der Waals surface area (Å²) in [5, 5.41) is 6.76. The van der Waals surface area contributed by atoms with Crippen LogP contribution in [0.4, 0.5) is 4.79 Å². The summed E-state index contributed by atoms with van der Waals surface area (Å²) >= 11 is 0. The number of H-pyrrole nitrogens is 1. The fraction of sp³-hybridized carbons (Fsp3) is 0.458. The van der Waals surface area contributed by atoms with Crippen LogP contribution in [0.5, 0.6) is 0 Å². The van der Waals surface area contributed by atoms with E-state index >= 15 is 0 Å². The molecule has 0 radical (unpaired) electrons. The fourth-order valence-electron chi connectivity index (χ4n) is 4.41. The number of amides is 4. The van der Waals surface area contributed by atoms with E-state index in [1.807, 2.05) is 30.5 Å². The number of fused-ring (bicyclic) bond motifs is 1. The molecule has 1 unspecified atom stereocenters. The summed E-state index contributed by atoms with van der Waals surface area (Å²) in [6.45, 7) is 0.955. The van der Waals surface area contributed by atoms with E-state index in [0.29, 0.717) is 25.9 Å². The normalized spacial score (nSPS) is 18.9. The van der Waals surface area contributed by atoms with Gasteiger partial charge in [0.2, 0.25) is 5.91 Å². The lowest BCUT2D eigenvalue weighted by atomic mass is 9.97. The first-order valence-corrected chi connectivity index (χ1v) is 11.2. The van der Waals surface area contributed by atoms with Gasteiger partial charge in [0.05, 0.1) is 0 Å². The summed E-state index contributed by atoms with van der Waals surface area (Å²) in [7, 11) is 0. The Balaban J connectivity index is 1.21. The van der Waals surface area contributed by atoms with Crippen LogP contribution in [0.25, 0.3) is 10.9 Å². The van der Waals surface area contributed by atoms with Crippen LogP contribution in [-0.4, -0.2) is 46.9 Å². The minimum atomic E-state index is -0.623. The summed E-state index contributed by atoms with van der Waals surface area (Å²) in [6.07, 6.45) is 11.0. The van der Waals surface area contributed by atoms with E-state index in [4.69, 9.17) is 0 Å².